The molecule has 0 aliphatic rings. The predicted octanol–water partition coefficient (Wildman–Crippen LogP) is 1.47. The first-order valence-electron chi connectivity index (χ1n) is 4.97. The van der Waals surface area contributed by atoms with Crippen molar-refractivity contribution in [2.45, 2.75) is 46.1 Å². The monoisotopic (exact) mass is 197 g/mol. The highest BCUT2D eigenvalue weighted by atomic mass is 16.1. The van der Waals surface area contributed by atoms with Crippen LogP contribution >= 0.6 is 0 Å². The second-order valence-corrected chi connectivity index (χ2v) is 4.57. The van der Waals surface area contributed by atoms with E-state index in [2.05, 4.69) is 12.0 Å². The average molecular weight is 197 g/mol. The number of anilines is 1. The Morgan fingerprint density at radius 3 is 2.36 bits per heavy atom. The maximum Gasteiger partial charge on any atom is 0.290 e. The third-order valence-electron chi connectivity index (χ3n) is 2.18. The molecular formula is C10H19N3O. The number of rotatable bonds is 2. The van der Waals surface area contributed by atoms with Crippen molar-refractivity contribution in [1.29, 1.82) is 0 Å². The van der Waals surface area contributed by atoms with Gasteiger partial charge in [-0.25, -0.2) is 4.68 Å². The summed E-state index contributed by atoms with van der Waals surface area (Å²) in [6.45, 7) is 7.98. The van der Waals surface area contributed by atoms with Gasteiger partial charge >= 0.3 is 0 Å². The van der Waals surface area contributed by atoms with Gasteiger partial charge < -0.3 is 5.73 Å². The van der Waals surface area contributed by atoms with Crippen molar-refractivity contribution < 1.29 is 0 Å². The largest absolute Gasteiger partial charge is 0.393 e. The van der Waals surface area contributed by atoms with E-state index in [1.807, 2.05) is 20.8 Å². The molecule has 1 rings (SSSR count). The molecule has 4 heteroatoms. The van der Waals surface area contributed by atoms with Gasteiger partial charge in [-0.15, -0.1) is 0 Å². The summed E-state index contributed by atoms with van der Waals surface area (Å²) < 4.78 is 1.59. The Labute approximate surface area is 84.1 Å². The Morgan fingerprint density at radius 1 is 1.43 bits per heavy atom. The second kappa shape index (κ2) is 3.52. The number of hydrogen-bond acceptors (Lipinski definition) is 2. The number of nitrogens with one attached hydrogen (secondary N) is 1. The van der Waals surface area contributed by atoms with E-state index in [1.165, 1.54) is 0 Å². The topological polar surface area (TPSA) is 63.8 Å². The molecule has 0 amide bonds. The van der Waals surface area contributed by atoms with E-state index in [1.54, 1.807) is 4.68 Å². The van der Waals surface area contributed by atoms with Crippen LogP contribution in [-0.2, 0) is 12.0 Å². The third-order valence-corrected chi connectivity index (χ3v) is 2.18. The molecule has 0 saturated carbocycles. The Morgan fingerprint density at radius 2 is 2.00 bits per heavy atom. The molecule has 0 aliphatic heterocycles. The molecule has 14 heavy (non-hydrogen) atoms. The molecule has 3 N–H and O–H groups in total. The molecule has 0 aliphatic carbocycles. The predicted molar refractivity (Wildman–Crippen MR) is 58.5 cm³/mol. The zero-order valence-electron chi connectivity index (χ0n) is 9.35. The molecule has 1 aromatic rings. The number of nitrogens with zero attached hydrogens (tertiary/aromatic N) is 1. The van der Waals surface area contributed by atoms with Gasteiger partial charge in [0, 0.05) is 0 Å². The number of aromatic amines is 1. The molecule has 80 valence electrons. The van der Waals surface area contributed by atoms with Crippen molar-refractivity contribution in [3.05, 3.63) is 16.0 Å². The normalized spacial score (nSPS) is 12.0. The smallest absolute Gasteiger partial charge is 0.290 e. The highest BCUT2D eigenvalue weighted by molar-refractivity contribution is 5.40. The lowest BCUT2D eigenvalue weighted by molar-refractivity contribution is 0.343. The van der Waals surface area contributed by atoms with Gasteiger partial charge in [0.15, 0.2) is 0 Å². The van der Waals surface area contributed by atoms with Crippen LogP contribution in [0.5, 0.6) is 0 Å². The number of nitrogen functional groups attached to an aromatic ring is 1. The molecule has 0 radical (unpaired) electrons. The SMILES string of the molecule is CCCc1[nH]n(C(C)(C)C)c(=O)c1N. The summed E-state index contributed by atoms with van der Waals surface area (Å²) in [6, 6.07) is 0. The van der Waals surface area contributed by atoms with Crippen molar-refractivity contribution in [3.8, 4) is 0 Å². The molecule has 0 unspecified atom stereocenters. The highest BCUT2D eigenvalue weighted by Gasteiger charge is 2.19. The number of H-pyrrole nitrogens is 1. The molecule has 0 saturated heterocycles. The van der Waals surface area contributed by atoms with E-state index in [-0.39, 0.29) is 11.1 Å². The molecule has 0 spiro atoms. The van der Waals surface area contributed by atoms with Crippen LogP contribution in [0.15, 0.2) is 4.79 Å². The number of hydrogen-bond donors (Lipinski definition) is 2. The van der Waals surface area contributed by atoms with E-state index < -0.39 is 0 Å². The Kier molecular flexibility index (Phi) is 2.73. The molecule has 0 atom stereocenters. The van der Waals surface area contributed by atoms with Crippen LogP contribution in [0.1, 0.15) is 39.8 Å². The minimum Gasteiger partial charge on any atom is -0.393 e. The lowest BCUT2D eigenvalue weighted by Crippen LogP contribution is -2.33. The van der Waals surface area contributed by atoms with Crippen LogP contribution in [0.4, 0.5) is 5.69 Å². The van der Waals surface area contributed by atoms with Gasteiger partial charge in [0.2, 0.25) is 0 Å². The average Bonchev–Trinajstić information content (AvgIpc) is 2.32. The minimum absolute atomic E-state index is 0.110. The molecule has 1 heterocycles. The maximum atomic E-state index is 11.7. The van der Waals surface area contributed by atoms with Crippen LogP contribution in [0, 0.1) is 0 Å². The quantitative estimate of drug-likeness (QED) is 0.754. The summed E-state index contributed by atoms with van der Waals surface area (Å²) in [6.07, 6.45) is 1.80. The van der Waals surface area contributed by atoms with Gasteiger partial charge in [-0.05, 0) is 27.2 Å². The summed E-state index contributed by atoms with van der Waals surface area (Å²) in [5, 5.41) is 3.07. The van der Waals surface area contributed by atoms with Crippen molar-refractivity contribution >= 4 is 5.69 Å². The highest BCUT2D eigenvalue weighted by Crippen LogP contribution is 2.13. The van der Waals surface area contributed by atoms with Crippen LogP contribution in [0.25, 0.3) is 0 Å². The Balaban J connectivity index is 3.23. The van der Waals surface area contributed by atoms with Gasteiger partial charge in [0.05, 0.1) is 11.2 Å². The van der Waals surface area contributed by atoms with E-state index >= 15 is 0 Å². The first kappa shape index (κ1) is 10.9. The number of nitrogens with two attached hydrogens (primary N) is 1. The summed E-state index contributed by atoms with van der Waals surface area (Å²) in [7, 11) is 0. The molecule has 0 fully saturated rings. The van der Waals surface area contributed by atoms with Crippen molar-refractivity contribution in [2.75, 3.05) is 5.73 Å². The summed E-state index contributed by atoms with van der Waals surface area (Å²) in [4.78, 5) is 11.7. The van der Waals surface area contributed by atoms with Crippen LogP contribution < -0.4 is 11.3 Å². The first-order chi connectivity index (χ1) is 6.38. The zero-order chi connectivity index (χ0) is 10.9. The standard InChI is InChI=1S/C10H19N3O/c1-5-6-7-8(11)9(14)13(12-7)10(2,3)4/h12H,5-6,11H2,1-4H3. The summed E-state index contributed by atoms with van der Waals surface area (Å²) >= 11 is 0. The lowest BCUT2D eigenvalue weighted by atomic mass is 10.1. The van der Waals surface area contributed by atoms with Gasteiger partial charge in [-0.2, -0.15) is 0 Å². The van der Waals surface area contributed by atoms with E-state index in [4.69, 9.17) is 5.73 Å². The molecule has 0 bridgehead atoms. The van der Waals surface area contributed by atoms with Gasteiger partial charge in [0.25, 0.3) is 5.56 Å². The van der Waals surface area contributed by atoms with E-state index in [9.17, 15) is 4.79 Å². The molecule has 1 aromatic heterocycles. The lowest BCUT2D eigenvalue weighted by Gasteiger charge is -2.19. The van der Waals surface area contributed by atoms with Crippen molar-refractivity contribution in [3.63, 3.8) is 0 Å². The zero-order valence-corrected chi connectivity index (χ0v) is 9.35. The Bertz CT molecular complexity index is 368. The van der Waals surface area contributed by atoms with E-state index in [0.717, 1.165) is 18.5 Å². The first-order valence-corrected chi connectivity index (χ1v) is 4.97. The van der Waals surface area contributed by atoms with Gasteiger partial charge in [-0.3, -0.25) is 9.89 Å². The minimum atomic E-state index is -0.239. The second-order valence-electron chi connectivity index (χ2n) is 4.57. The number of aryl methyl sites for hydroxylation is 1. The van der Waals surface area contributed by atoms with Gasteiger partial charge in [0.1, 0.15) is 5.69 Å². The van der Waals surface area contributed by atoms with E-state index in [0.29, 0.717) is 5.69 Å². The third kappa shape index (κ3) is 1.84. The van der Waals surface area contributed by atoms with Crippen molar-refractivity contribution in [1.82, 2.24) is 9.78 Å². The van der Waals surface area contributed by atoms with Crippen molar-refractivity contribution in [2.24, 2.45) is 0 Å². The molecular weight excluding hydrogens is 178 g/mol. The summed E-state index contributed by atoms with van der Waals surface area (Å²) in [5.74, 6) is 0. The fraction of sp³-hybridized carbons (Fsp3) is 0.700. The Hall–Kier alpha value is -1.19. The van der Waals surface area contributed by atoms with Crippen LogP contribution in [0.2, 0.25) is 0 Å². The fourth-order valence-corrected chi connectivity index (χ4v) is 1.41. The molecule has 0 aromatic carbocycles. The number of aromatic nitrogens is 2. The fourth-order valence-electron chi connectivity index (χ4n) is 1.41. The van der Waals surface area contributed by atoms with Gasteiger partial charge in [-0.1, -0.05) is 13.3 Å². The maximum absolute atomic E-state index is 11.7. The van der Waals surface area contributed by atoms with Crippen LogP contribution in [0.3, 0.4) is 0 Å². The summed E-state index contributed by atoms with van der Waals surface area (Å²) in [5.41, 5.74) is 6.59. The molecule has 4 nitrogen and oxygen atoms in total. The van der Waals surface area contributed by atoms with Crippen LogP contribution in [-0.4, -0.2) is 9.78 Å².